The van der Waals surface area contributed by atoms with Crippen LogP contribution in [0.2, 0.25) is 0 Å². The van der Waals surface area contributed by atoms with E-state index in [1.807, 2.05) is 0 Å². The molecule has 1 aliphatic rings. The Kier molecular flexibility index (Phi) is 10.1. The molecule has 22 heavy (non-hydrogen) atoms. The van der Waals surface area contributed by atoms with Crippen LogP contribution in [0.1, 0.15) is 37.4 Å². The van der Waals surface area contributed by atoms with Gasteiger partial charge in [0, 0.05) is 32.2 Å². The number of piperazine rings is 1. The number of ether oxygens (including phenoxy) is 1. The lowest BCUT2D eigenvalue weighted by Crippen LogP contribution is -2.46. The zero-order chi connectivity index (χ0) is 14.5. The molecule has 0 aromatic heterocycles. The van der Waals surface area contributed by atoms with Gasteiger partial charge in [0.15, 0.2) is 0 Å². The number of methoxy groups -OCH3 is 1. The predicted molar refractivity (Wildman–Crippen MR) is 98.9 cm³/mol. The first-order chi connectivity index (χ1) is 9.67. The minimum atomic E-state index is 0. The molecule has 1 fully saturated rings. The number of halogens is 2. The second kappa shape index (κ2) is 10.3. The van der Waals surface area contributed by atoms with Gasteiger partial charge in [0.25, 0.3) is 0 Å². The molecule has 1 N–H and O–H groups in total. The van der Waals surface area contributed by atoms with Gasteiger partial charge in [0.1, 0.15) is 5.75 Å². The fourth-order valence-electron chi connectivity index (χ4n) is 3.17. The van der Waals surface area contributed by atoms with E-state index in [4.69, 9.17) is 4.74 Å². The van der Waals surface area contributed by atoms with Crippen molar-refractivity contribution in [3.63, 3.8) is 0 Å². The van der Waals surface area contributed by atoms with Gasteiger partial charge in [0.2, 0.25) is 0 Å². The van der Waals surface area contributed by atoms with Crippen molar-refractivity contribution in [3.8, 4) is 5.75 Å². The Bertz CT molecular complexity index is 437. The van der Waals surface area contributed by atoms with Gasteiger partial charge in [0.05, 0.1) is 7.11 Å². The van der Waals surface area contributed by atoms with Crippen LogP contribution >= 0.6 is 24.8 Å². The topological polar surface area (TPSA) is 24.5 Å². The van der Waals surface area contributed by atoms with Crippen molar-refractivity contribution in [2.24, 2.45) is 5.92 Å². The van der Waals surface area contributed by atoms with E-state index in [1.165, 1.54) is 17.5 Å². The van der Waals surface area contributed by atoms with E-state index in [2.05, 4.69) is 49.2 Å². The highest BCUT2D eigenvalue weighted by Crippen LogP contribution is 2.33. The molecule has 2 atom stereocenters. The quantitative estimate of drug-likeness (QED) is 0.874. The van der Waals surface area contributed by atoms with Crippen molar-refractivity contribution < 1.29 is 4.74 Å². The van der Waals surface area contributed by atoms with Crippen LogP contribution in [-0.2, 0) is 0 Å². The van der Waals surface area contributed by atoms with Crippen LogP contribution in [0, 0.1) is 12.8 Å². The van der Waals surface area contributed by atoms with Gasteiger partial charge >= 0.3 is 0 Å². The first-order valence-corrected chi connectivity index (χ1v) is 7.76. The molecule has 1 saturated heterocycles. The highest BCUT2D eigenvalue weighted by atomic mass is 35.5. The Hall–Kier alpha value is -0.480. The molecular formula is C17H30Cl2N2O. The maximum atomic E-state index is 5.39. The SMILES string of the molecule is CCC(C)[C@H](c1ccc(OC)c(C)c1)N1CCNCC1.Cl.Cl. The maximum Gasteiger partial charge on any atom is 0.121 e. The van der Waals surface area contributed by atoms with Crippen LogP contribution in [0.15, 0.2) is 18.2 Å². The zero-order valence-electron chi connectivity index (χ0n) is 14.1. The summed E-state index contributed by atoms with van der Waals surface area (Å²) < 4.78 is 5.39. The Morgan fingerprint density at radius 2 is 1.86 bits per heavy atom. The number of rotatable bonds is 5. The molecule has 5 heteroatoms. The number of benzene rings is 1. The monoisotopic (exact) mass is 348 g/mol. The van der Waals surface area contributed by atoms with E-state index >= 15 is 0 Å². The molecule has 1 aromatic carbocycles. The summed E-state index contributed by atoms with van der Waals surface area (Å²) >= 11 is 0. The molecule has 0 radical (unpaired) electrons. The Morgan fingerprint density at radius 3 is 2.36 bits per heavy atom. The molecule has 0 saturated carbocycles. The van der Waals surface area contributed by atoms with Gasteiger partial charge in [-0.3, -0.25) is 4.90 Å². The van der Waals surface area contributed by atoms with E-state index in [0.717, 1.165) is 31.9 Å². The van der Waals surface area contributed by atoms with Crippen molar-refractivity contribution in [1.82, 2.24) is 10.2 Å². The molecule has 1 aromatic rings. The lowest BCUT2D eigenvalue weighted by molar-refractivity contribution is 0.128. The summed E-state index contributed by atoms with van der Waals surface area (Å²) in [5.41, 5.74) is 2.66. The molecule has 1 heterocycles. The van der Waals surface area contributed by atoms with Crippen molar-refractivity contribution >= 4 is 24.8 Å². The van der Waals surface area contributed by atoms with Gasteiger partial charge in [-0.25, -0.2) is 0 Å². The van der Waals surface area contributed by atoms with Crippen molar-refractivity contribution in [3.05, 3.63) is 29.3 Å². The van der Waals surface area contributed by atoms with Crippen LogP contribution in [-0.4, -0.2) is 38.2 Å². The first-order valence-electron chi connectivity index (χ1n) is 7.76. The van der Waals surface area contributed by atoms with Crippen LogP contribution < -0.4 is 10.1 Å². The summed E-state index contributed by atoms with van der Waals surface area (Å²) in [5, 5.41) is 3.45. The highest BCUT2D eigenvalue weighted by Gasteiger charge is 2.26. The molecular weight excluding hydrogens is 319 g/mol. The van der Waals surface area contributed by atoms with E-state index in [0.29, 0.717) is 12.0 Å². The zero-order valence-corrected chi connectivity index (χ0v) is 15.7. The van der Waals surface area contributed by atoms with Gasteiger partial charge in [-0.05, 0) is 30.0 Å². The lowest BCUT2D eigenvalue weighted by atomic mass is 9.89. The largest absolute Gasteiger partial charge is 0.496 e. The fraction of sp³-hybridized carbons (Fsp3) is 0.647. The van der Waals surface area contributed by atoms with Gasteiger partial charge in [-0.2, -0.15) is 0 Å². The standard InChI is InChI=1S/C17H28N2O.2ClH/c1-5-13(2)17(19-10-8-18-9-11-19)15-6-7-16(20-4)14(3)12-15;;/h6-7,12-13,17-18H,5,8-11H2,1-4H3;2*1H/t13?,17-;;/m1../s1. The van der Waals surface area contributed by atoms with E-state index in [9.17, 15) is 0 Å². The van der Waals surface area contributed by atoms with Gasteiger partial charge < -0.3 is 10.1 Å². The van der Waals surface area contributed by atoms with Crippen LogP contribution in [0.25, 0.3) is 0 Å². The number of hydrogen-bond acceptors (Lipinski definition) is 3. The van der Waals surface area contributed by atoms with E-state index < -0.39 is 0 Å². The second-order valence-electron chi connectivity index (χ2n) is 5.85. The fourth-order valence-corrected chi connectivity index (χ4v) is 3.17. The summed E-state index contributed by atoms with van der Waals surface area (Å²) in [5.74, 6) is 1.65. The number of hydrogen-bond donors (Lipinski definition) is 1. The maximum absolute atomic E-state index is 5.39. The van der Waals surface area contributed by atoms with Crippen LogP contribution in [0.3, 0.4) is 0 Å². The second-order valence-corrected chi connectivity index (χ2v) is 5.85. The van der Waals surface area contributed by atoms with Gasteiger partial charge in [-0.15, -0.1) is 24.8 Å². The minimum Gasteiger partial charge on any atom is -0.496 e. The number of nitrogens with zero attached hydrogens (tertiary/aromatic N) is 1. The summed E-state index contributed by atoms with van der Waals surface area (Å²) in [6, 6.07) is 7.18. The molecule has 128 valence electrons. The number of aryl methyl sites for hydroxylation is 1. The lowest BCUT2D eigenvalue weighted by Gasteiger charge is -2.38. The molecule has 0 amide bonds. The molecule has 0 bridgehead atoms. The average Bonchev–Trinajstić information content (AvgIpc) is 2.48. The minimum absolute atomic E-state index is 0. The van der Waals surface area contributed by atoms with Gasteiger partial charge in [-0.1, -0.05) is 32.4 Å². The summed E-state index contributed by atoms with van der Waals surface area (Å²) in [7, 11) is 1.74. The first kappa shape index (κ1) is 21.5. The third kappa shape index (κ3) is 5.02. The molecule has 0 aliphatic carbocycles. The number of nitrogens with one attached hydrogen (secondary N) is 1. The smallest absolute Gasteiger partial charge is 0.121 e. The normalized spacial score (nSPS) is 17.8. The highest BCUT2D eigenvalue weighted by molar-refractivity contribution is 5.85. The summed E-state index contributed by atoms with van der Waals surface area (Å²) in [6.07, 6.45) is 1.21. The van der Waals surface area contributed by atoms with Crippen molar-refractivity contribution in [1.29, 1.82) is 0 Å². The summed E-state index contributed by atoms with van der Waals surface area (Å²) in [6.45, 7) is 11.3. The van der Waals surface area contributed by atoms with Crippen LogP contribution in [0.5, 0.6) is 5.75 Å². The molecule has 1 unspecified atom stereocenters. The summed E-state index contributed by atoms with van der Waals surface area (Å²) in [4.78, 5) is 2.63. The Balaban J connectivity index is 0.00000220. The Labute approximate surface area is 147 Å². The predicted octanol–water partition coefficient (Wildman–Crippen LogP) is 3.84. The third-order valence-corrected chi connectivity index (χ3v) is 4.49. The van der Waals surface area contributed by atoms with E-state index in [-0.39, 0.29) is 24.8 Å². The average molecular weight is 349 g/mol. The molecule has 2 rings (SSSR count). The van der Waals surface area contributed by atoms with Crippen molar-refractivity contribution in [2.45, 2.75) is 33.2 Å². The molecule has 0 spiro atoms. The third-order valence-electron chi connectivity index (χ3n) is 4.49. The molecule has 1 aliphatic heterocycles. The van der Waals surface area contributed by atoms with E-state index in [1.54, 1.807) is 7.11 Å². The molecule has 3 nitrogen and oxygen atoms in total. The Morgan fingerprint density at radius 1 is 1.23 bits per heavy atom. The van der Waals surface area contributed by atoms with Crippen molar-refractivity contribution in [2.75, 3.05) is 33.3 Å². The van der Waals surface area contributed by atoms with Crippen LogP contribution in [0.4, 0.5) is 0 Å².